The standard InChI is InChI=1S/C14H20N2O3S/c1-3-8-16(9-4-2)20(17,18)11-10-19-14-7-5-6-13(15)12-14/h1,5-7,12H,4,8-11,15H2,2H3. The number of nitrogen functional groups attached to an aromatic ring is 1. The molecule has 0 spiro atoms. The minimum absolute atomic E-state index is 0.0660. The predicted octanol–water partition coefficient (Wildman–Crippen LogP) is 1.32. The zero-order chi connectivity index (χ0) is 15.0. The van der Waals surface area contributed by atoms with Crippen molar-refractivity contribution in [3.8, 4) is 18.1 Å². The van der Waals surface area contributed by atoms with Crippen molar-refractivity contribution >= 4 is 15.7 Å². The third kappa shape index (κ3) is 5.11. The molecule has 1 aromatic carbocycles. The molecule has 0 saturated heterocycles. The summed E-state index contributed by atoms with van der Waals surface area (Å²) in [6, 6.07) is 6.87. The van der Waals surface area contributed by atoms with Crippen LogP contribution in [-0.2, 0) is 10.0 Å². The maximum Gasteiger partial charge on any atom is 0.218 e. The summed E-state index contributed by atoms with van der Waals surface area (Å²) in [5, 5.41) is 0. The van der Waals surface area contributed by atoms with Crippen LogP contribution >= 0.6 is 0 Å². The van der Waals surface area contributed by atoms with E-state index in [0.29, 0.717) is 18.0 Å². The van der Waals surface area contributed by atoms with Gasteiger partial charge in [-0.25, -0.2) is 8.42 Å². The molecule has 110 valence electrons. The highest BCUT2D eigenvalue weighted by molar-refractivity contribution is 7.89. The van der Waals surface area contributed by atoms with E-state index in [1.165, 1.54) is 4.31 Å². The van der Waals surface area contributed by atoms with Gasteiger partial charge in [-0.2, -0.15) is 4.31 Å². The Kier molecular flexibility index (Phi) is 6.36. The molecular formula is C14H20N2O3S. The van der Waals surface area contributed by atoms with Gasteiger partial charge in [0.25, 0.3) is 0 Å². The van der Waals surface area contributed by atoms with Crippen LogP contribution in [0.4, 0.5) is 5.69 Å². The first-order valence-corrected chi connectivity index (χ1v) is 8.00. The van der Waals surface area contributed by atoms with E-state index >= 15 is 0 Å². The van der Waals surface area contributed by atoms with Crippen LogP contribution < -0.4 is 10.5 Å². The SMILES string of the molecule is C#CCN(CCC)S(=O)(=O)CCOc1cccc(N)c1. The molecule has 0 fully saturated rings. The lowest BCUT2D eigenvalue weighted by Gasteiger charge is -2.19. The first-order valence-electron chi connectivity index (χ1n) is 6.39. The maximum atomic E-state index is 12.1. The second-order valence-electron chi connectivity index (χ2n) is 4.27. The molecule has 20 heavy (non-hydrogen) atoms. The topological polar surface area (TPSA) is 72.6 Å². The Morgan fingerprint density at radius 1 is 1.45 bits per heavy atom. The van der Waals surface area contributed by atoms with Crippen molar-refractivity contribution in [2.24, 2.45) is 0 Å². The first kappa shape index (κ1) is 16.3. The Labute approximate surface area is 120 Å². The summed E-state index contributed by atoms with van der Waals surface area (Å²) in [5.41, 5.74) is 6.19. The summed E-state index contributed by atoms with van der Waals surface area (Å²) in [4.78, 5) is 0. The Balaban J connectivity index is 2.56. The van der Waals surface area contributed by atoms with E-state index in [-0.39, 0.29) is 18.9 Å². The molecule has 0 atom stereocenters. The number of anilines is 1. The van der Waals surface area contributed by atoms with Gasteiger partial charge in [0.15, 0.2) is 0 Å². The third-order valence-electron chi connectivity index (χ3n) is 2.60. The van der Waals surface area contributed by atoms with Crippen molar-refractivity contribution < 1.29 is 13.2 Å². The predicted molar refractivity (Wildman–Crippen MR) is 80.8 cm³/mol. The minimum Gasteiger partial charge on any atom is -0.492 e. The number of nitrogens with two attached hydrogens (primary N) is 1. The molecule has 0 radical (unpaired) electrons. The van der Waals surface area contributed by atoms with Gasteiger partial charge < -0.3 is 10.5 Å². The fraction of sp³-hybridized carbons (Fsp3) is 0.429. The van der Waals surface area contributed by atoms with Crippen LogP contribution in [0.1, 0.15) is 13.3 Å². The van der Waals surface area contributed by atoms with E-state index in [9.17, 15) is 8.42 Å². The lowest BCUT2D eigenvalue weighted by molar-refractivity contribution is 0.336. The molecule has 0 aliphatic rings. The van der Waals surface area contributed by atoms with Crippen LogP contribution in [0, 0.1) is 12.3 Å². The van der Waals surface area contributed by atoms with Gasteiger partial charge >= 0.3 is 0 Å². The Morgan fingerprint density at radius 3 is 2.80 bits per heavy atom. The fourth-order valence-corrected chi connectivity index (χ4v) is 2.95. The summed E-state index contributed by atoms with van der Waals surface area (Å²) in [6.45, 7) is 2.48. The van der Waals surface area contributed by atoms with Gasteiger partial charge in [-0.1, -0.05) is 18.9 Å². The minimum atomic E-state index is -3.39. The molecule has 0 bridgehead atoms. The highest BCUT2D eigenvalue weighted by Crippen LogP contribution is 2.14. The van der Waals surface area contributed by atoms with Gasteiger partial charge in [-0.15, -0.1) is 6.42 Å². The zero-order valence-corrected chi connectivity index (χ0v) is 12.4. The second-order valence-corrected chi connectivity index (χ2v) is 6.36. The van der Waals surface area contributed by atoms with Crippen LogP contribution in [0.3, 0.4) is 0 Å². The molecular weight excluding hydrogens is 276 g/mol. The number of nitrogens with zero attached hydrogens (tertiary/aromatic N) is 1. The summed E-state index contributed by atoms with van der Waals surface area (Å²) in [5.74, 6) is 2.81. The van der Waals surface area contributed by atoms with E-state index < -0.39 is 10.0 Å². The number of sulfonamides is 1. The number of rotatable bonds is 8. The Bertz CT molecular complexity index is 564. The number of hydrogen-bond acceptors (Lipinski definition) is 4. The largest absolute Gasteiger partial charge is 0.492 e. The number of benzene rings is 1. The average Bonchev–Trinajstić information content (AvgIpc) is 2.38. The summed E-state index contributed by atoms with van der Waals surface area (Å²) in [7, 11) is -3.39. The molecule has 0 aliphatic heterocycles. The normalized spacial score (nSPS) is 11.2. The quantitative estimate of drug-likeness (QED) is 0.580. The Hall–Kier alpha value is -1.71. The molecule has 0 saturated carbocycles. The van der Waals surface area contributed by atoms with Crippen molar-refractivity contribution in [2.45, 2.75) is 13.3 Å². The van der Waals surface area contributed by atoms with E-state index in [1.807, 2.05) is 6.92 Å². The second kappa shape index (κ2) is 7.78. The molecule has 2 N–H and O–H groups in total. The molecule has 0 aromatic heterocycles. The zero-order valence-electron chi connectivity index (χ0n) is 11.6. The van der Waals surface area contributed by atoms with Crippen LogP contribution in [-0.4, -0.2) is 38.2 Å². The average molecular weight is 296 g/mol. The van der Waals surface area contributed by atoms with Crippen molar-refractivity contribution in [3.63, 3.8) is 0 Å². The van der Waals surface area contributed by atoms with Gasteiger partial charge in [-0.3, -0.25) is 0 Å². The van der Waals surface area contributed by atoms with Gasteiger partial charge in [0.1, 0.15) is 12.4 Å². The number of hydrogen-bond donors (Lipinski definition) is 1. The molecule has 0 aliphatic carbocycles. The van der Waals surface area contributed by atoms with Crippen LogP contribution in [0.5, 0.6) is 5.75 Å². The van der Waals surface area contributed by atoms with E-state index in [4.69, 9.17) is 16.9 Å². The summed E-state index contributed by atoms with van der Waals surface area (Å²) < 4.78 is 30.9. The van der Waals surface area contributed by atoms with Gasteiger partial charge in [-0.05, 0) is 18.6 Å². The fourth-order valence-electron chi connectivity index (χ4n) is 1.67. The number of terminal acetylenes is 1. The molecule has 6 heteroatoms. The van der Waals surface area contributed by atoms with Gasteiger partial charge in [0, 0.05) is 18.3 Å². The van der Waals surface area contributed by atoms with Crippen LogP contribution in [0.2, 0.25) is 0 Å². The van der Waals surface area contributed by atoms with E-state index in [1.54, 1.807) is 24.3 Å². The molecule has 0 heterocycles. The van der Waals surface area contributed by atoms with Gasteiger partial charge in [0.2, 0.25) is 10.0 Å². The van der Waals surface area contributed by atoms with Crippen molar-refractivity contribution in [3.05, 3.63) is 24.3 Å². The summed E-state index contributed by atoms with van der Waals surface area (Å²) in [6.07, 6.45) is 5.91. The highest BCUT2D eigenvalue weighted by Gasteiger charge is 2.20. The molecule has 0 amide bonds. The van der Waals surface area contributed by atoms with Crippen molar-refractivity contribution in [2.75, 3.05) is 31.2 Å². The lowest BCUT2D eigenvalue weighted by atomic mass is 10.3. The maximum absolute atomic E-state index is 12.1. The Morgan fingerprint density at radius 2 is 2.20 bits per heavy atom. The first-order chi connectivity index (χ1) is 9.49. The van der Waals surface area contributed by atoms with Crippen LogP contribution in [0.15, 0.2) is 24.3 Å². The molecule has 5 nitrogen and oxygen atoms in total. The van der Waals surface area contributed by atoms with E-state index in [2.05, 4.69) is 5.92 Å². The molecule has 1 aromatic rings. The molecule has 1 rings (SSSR count). The number of ether oxygens (including phenoxy) is 1. The lowest BCUT2D eigenvalue weighted by Crippen LogP contribution is -2.35. The monoisotopic (exact) mass is 296 g/mol. The van der Waals surface area contributed by atoms with Crippen molar-refractivity contribution in [1.82, 2.24) is 4.31 Å². The van der Waals surface area contributed by atoms with E-state index in [0.717, 1.165) is 6.42 Å². The summed E-state index contributed by atoms with van der Waals surface area (Å²) >= 11 is 0. The smallest absolute Gasteiger partial charge is 0.218 e. The highest BCUT2D eigenvalue weighted by atomic mass is 32.2. The van der Waals surface area contributed by atoms with Crippen molar-refractivity contribution in [1.29, 1.82) is 0 Å². The molecule has 0 unspecified atom stereocenters. The van der Waals surface area contributed by atoms with Gasteiger partial charge in [0.05, 0.1) is 12.3 Å². The third-order valence-corrected chi connectivity index (χ3v) is 4.38. The van der Waals surface area contributed by atoms with Crippen LogP contribution in [0.25, 0.3) is 0 Å².